The van der Waals surface area contributed by atoms with E-state index in [0.29, 0.717) is 17.0 Å². The average molecular weight is 240 g/mol. The highest BCUT2D eigenvalue weighted by molar-refractivity contribution is 5.81. The number of aromatic nitrogens is 4. The van der Waals surface area contributed by atoms with Crippen LogP contribution in [0.3, 0.4) is 0 Å². The van der Waals surface area contributed by atoms with Gasteiger partial charge in [0.2, 0.25) is 0 Å². The molecule has 0 radical (unpaired) electrons. The Balaban J connectivity index is 2.13. The van der Waals surface area contributed by atoms with Crippen LogP contribution in [0.4, 0.5) is 5.82 Å². The summed E-state index contributed by atoms with van der Waals surface area (Å²) in [5, 5.41) is 0. The van der Waals surface area contributed by atoms with Gasteiger partial charge in [0.1, 0.15) is 18.0 Å². The van der Waals surface area contributed by atoms with Crippen LogP contribution in [0.25, 0.3) is 11.2 Å². The van der Waals surface area contributed by atoms with Gasteiger partial charge < -0.3 is 11.5 Å². The fourth-order valence-electron chi connectivity index (χ4n) is 1.88. The zero-order valence-corrected chi connectivity index (χ0v) is 9.56. The Morgan fingerprint density at radius 2 is 1.83 bits per heavy atom. The molecule has 2 aromatic heterocycles. The largest absolute Gasteiger partial charge is 0.382 e. The van der Waals surface area contributed by atoms with E-state index in [1.165, 1.54) is 6.33 Å². The number of hydrogen-bond donors (Lipinski definition) is 2. The quantitative estimate of drug-likeness (QED) is 0.694. The molecule has 0 aliphatic rings. The smallest absolute Gasteiger partial charge is 0.167 e. The fourth-order valence-corrected chi connectivity index (χ4v) is 1.88. The van der Waals surface area contributed by atoms with Crippen LogP contribution in [0.2, 0.25) is 0 Å². The lowest BCUT2D eigenvalue weighted by atomic mass is 10.2. The molecule has 0 spiro atoms. The molecule has 0 amide bonds. The minimum absolute atomic E-state index is 0.342. The second kappa shape index (κ2) is 4.08. The average Bonchev–Trinajstić information content (AvgIpc) is 2.84. The highest BCUT2D eigenvalue weighted by atomic mass is 15.2. The summed E-state index contributed by atoms with van der Waals surface area (Å²) in [7, 11) is 0. The van der Waals surface area contributed by atoms with Crippen LogP contribution in [0.15, 0.2) is 43.0 Å². The SMILES string of the molecule is Nc1ncnc2c1ncn2C(N)c1ccccc1. The van der Waals surface area contributed by atoms with E-state index in [1.54, 1.807) is 10.9 Å². The molecule has 0 aliphatic heterocycles. The third kappa shape index (κ3) is 1.59. The second-order valence-corrected chi connectivity index (χ2v) is 3.94. The van der Waals surface area contributed by atoms with E-state index in [-0.39, 0.29) is 6.17 Å². The molecule has 4 N–H and O–H groups in total. The lowest BCUT2D eigenvalue weighted by Gasteiger charge is -2.13. The molecule has 1 atom stereocenters. The maximum absolute atomic E-state index is 6.20. The van der Waals surface area contributed by atoms with Gasteiger partial charge in [0, 0.05) is 0 Å². The van der Waals surface area contributed by atoms with E-state index in [2.05, 4.69) is 15.0 Å². The maximum Gasteiger partial charge on any atom is 0.167 e. The number of imidazole rings is 1. The number of fused-ring (bicyclic) bond motifs is 1. The summed E-state index contributed by atoms with van der Waals surface area (Å²) < 4.78 is 1.78. The number of hydrogen-bond acceptors (Lipinski definition) is 5. The molecule has 3 aromatic rings. The molecule has 6 heteroatoms. The first-order valence-corrected chi connectivity index (χ1v) is 5.51. The number of benzene rings is 1. The van der Waals surface area contributed by atoms with E-state index in [1.807, 2.05) is 30.3 Å². The van der Waals surface area contributed by atoms with Crippen molar-refractivity contribution >= 4 is 17.0 Å². The third-order valence-corrected chi connectivity index (χ3v) is 2.83. The van der Waals surface area contributed by atoms with Crippen LogP contribution in [0.1, 0.15) is 11.7 Å². The maximum atomic E-state index is 6.20. The summed E-state index contributed by atoms with van der Waals surface area (Å²) in [5.41, 5.74) is 14.1. The molecule has 0 fully saturated rings. The normalized spacial score (nSPS) is 12.7. The lowest BCUT2D eigenvalue weighted by molar-refractivity contribution is 0.622. The third-order valence-electron chi connectivity index (χ3n) is 2.83. The zero-order valence-electron chi connectivity index (χ0n) is 9.56. The van der Waals surface area contributed by atoms with Crippen LogP contribution >= 0.6 is 0 Å². The molecule has 90 valence electrons. The Bertz CT molecular complexity index is 675. The minimum Gasteiger partial charge on any atom is -0.382 e. The fraction of sp³-hybridized carbons (Fsp3) is 0.0833. The van der Waals surface area contributed by atoms with Crippen molar-refractivity contribution in [2.24, 2.45) is 5.73 Å². The van der Waals surface area contributed by atoms with Gasteiger partial charge in [-0.1, -0.05) is 30.3 Å². The van der Waals surface area contributed by atoms with Crippen molar-refractivity contribution in [3.8, 4) is 0 Å². The Kier molecular flexibility index (Phi) is 2.42. The predicted octanol–water partition coefficient (Wildman–Crippen LogP) is 0.914. The Labute approximate surface area is 103 Å². The summed E-state index contributed by atoms with van der Waals surface area (Å²) in [6.07, 6.45) is 2.70. The number of nitrogens with zero attached hydrogens (tertiary/aromatic N) is 4. The highest BCUT2D eigenvalue weighted by Crippen LogP contribution is 2.20. The van der Waals surface area contributed by atoms with E-state index in [4.69, 9.17) is 11.5 Å². The minimum atomic E-state index is -0.342. The summed E-state index contributed by atoms with van der Waals surface area (Å²) >= 11 is 0. The van der Waals surface area contributed by atoms with Crippen molar-refractivity contribution in [1.29, 1.82) is 0 Å². The first-order valence-electron chi connectivity index (χ1n) is 5.51. The molecule has 0 saturated heterocycles. The molecule has 6 nitrogen and oxygen atoms in total. The molecular weight excluding hydrogens is 228 g/mol. The standard InChI is InChI=1S/C12H12N6/c13-10-9-12(16-6-15-10)18(7-17-9)11(14)8-4-2-1-3-5-8/h1-7,11H,14H2,(H2,13,15,16). The number of nitrogens with two attached hydrogens (primary N) is 2. The molecule has 0 bridgehead atoms. The van der Waals surface area contributed by atoms with Crippen molar-refractivity contribution in [3.05, 3.63) is 48.5 Å². The summed E-state index contributed by atoms with van der Waals surface area (Å²) in [5.74, 6) is 0.360. The van der Waals surface area contributed by atoms with Crippen LogP contribution in [0.5, 0.6) is 0 Å². The predicted molar refractivity (Wildman–Crippen MR) is 68.5 cm³/mol. The zero-order chi connectivity index (χ0) is 12.5. The van der Waals surface area contributed by atoms with E-state index in [9.17, 15) is 0 Å². The van der Waals surface area contributed by atoms with E-state index in [0.717, 1.165) is 5.56 Å². The molecular formula is C12H12N6. The molecule has 3 rings (SSSR count). The Morgan fingerprint density at radius 1 is 1.06 bits per heavy atom. The van der Waals surface area contributed by atoms with Crippen LogP contribution in [0, 0.1) is 0 Å². The second-order valence-electron chi connectivity index (χ2n) is 3.94. The van der Waals surface area contributed by atoms with Gasteiger partial charge in [-0.25, -0.2) is 15.0 Å². The first-order chi connectivity index (χ1) is 8.77. The van der Waals surface area contributed by atoms with Crippen molar-refractivity contribution in [1.82, 2.24) is 19.5 Å². The van der Waals surface area contributed by atoms with E-state index < -0.39 is 0 Å². The number of nitrogen functional groups attached to an aromatic ring is 1. The van der Waals surface area contributed by atoms with Gasteiger partial charge in [0.05, 0.1) is 6.33 Å². The van der Waals surface area contributed by atoms with Crippen molar-refractivity contribution in [2.45, 2.75) is 6.17 Å². The Hall–Kier alpha value is -2.47. The molecule has 1 unspecified atom stereocenters. The van der Waals surface area contributed by atoms with Crippen molar-refractivity contribution in [3.63, 3.8) is 0 Å². The molecule has 18 heavy (non-hydrogen) atoms. The topological polar surface area (TPSA) is 95.6 Å². The Morgan fingerprint density at radius 3 is 2.61 bits per heavy atom. The number of rotatable bonds is 2. The summed E-state index contributed by atoms with van der Waals surface area (Å²) in [6.45, 7) is 0. The van der Waals surface area contributed by atoms with Gasteiger partial charge in [0.25, 0.3) is 0 Å². The lowest BCUT2D eigenvalue weighted by Crippen LogP contribution is -2.19. The van der Waals surface area contributed by atoms with Crippen molar-refractivity contribution < 1.29 is 0 Å². The summed E-state index contributed by atoms with van der Waals surface area (Å²) in [6, 6.07) is 9.75. The van der Waals surface area contributed by atoms with Crippen LogP contribution < -0.4 is 11.5 Å². The van der Waals surface area contributed by atoms with Gasteiger partial charge in [-0.2, -0.15) is 0 Å². The van der Waals surface area contributed by atoms with Gasteiger partial charge in [0.15, 0.2) is 11.5 Å². The first kappa shape index (κ1) is 10.7. The molecule has 1 aromatic carbocycles. The molecule has 0 aliphatic carbocycles. The molecule has 0 saturated carbocycles. The van der Waals surface area contributed by atoms with Gasteiger partial charge in [-0.15, -0.1) is 0 Å². The molecule has 2 heterocycles. The van der Waals surface area contributed by atoms with Gasteiger partial charge >= 0.3 is 0 Å². The highest BCUT2D eigenvalue weighted by Gasteiger charge is 2.14. The van der Waals surface area contributed by atoms with E-state index >= 15 is 0 Å². The number of anilines is 1. The monoisotopic (exact) mass is 240 g/mol. The van der Waals surface area contributed by atoms with Crippen LogP contribution in [-0.2, 0) is 0 Å². The van der Waals surface area contributed by atoms with Crippen molar-refractivity contribution in [2.75, 3.05) is 5.73 Å². The van der Waals surface area contributed by atoms with Gasteiger partial charge in [-0.05, 0) is 5.56 Å². The van der Waals surface area contributed by atoms with Gasteiger partial charge in [-0.3, -0.25) is 4.57 Å². The summed E-state index contributed by atoms with van der Waals surface area (Å²) in [4.78, 5) is 12.3. The van der Waals surface area contributed by atoms with Crippen LogP contribution in [-0.4, -0.2) is 19.5 Å².